The van der Waals surface area contributed by atoms with Crippen molar-refractivity contribution < 1.29 is 9.53 Å². The highest BCUT2D eigenvalue weighted by molar-refractivity contribution is 5.68. The first kappa shape index (κ1) is 10.7. The largest absolute Gasteiger partial charge is 0.444 e. The van der Waals surface area contributed by atoms with Crippen molar-refractivity contribution in [1.29, 1.82) is 0 Å². The maximum absolute atomic E-state index is 11.5. The zero-order chi connectivity index (χ0) is 11.2. The summed E-state index contributed by atoms with van der Waals surface area (Å²) in [5, 5.41) is 2.90. The van der Waals surface area contributed by atoms with Gasteiger partial charge in [0.15, 0.2) is 0 Å². The number of nitrogens with one attached hydrogen (secondary N) is 1. The van der Waals surface area contributed by atoms with Gasteiger partial charge in [-0.3, -0.25) is 0 Å². The van der Waals surface area contributed by atoms with Crippen LogP contribution in [0.1, 0.15) is 33.6 Å². The topological polar surface area (TPSA) is 64.3 Å². The van der Waals surface area contributed by atoms with Crippen LogP contribution in [0.2, 0.25) is 0 Å². The lowest BCUT2D eigenvalue weighted by molar-refractivity contribution is 0.0502. The van der Waals surface area contributed by atoms with Gasteiger partial charge < -0.3 is 15.8 Å². The zero-order valence-corrected chi connectivity index (χ0v) is 9.62. The predicted molar refractivity (Wildman–Crippen MR) is 57.3 cm³/mol. The number of amides is 1. The van der Waals surface area contributed by atoms with Gasteiger partial charge in [-0.25, -0.2) is 4.79 Å². The van der Waals surface area contributed by atoms with Crippen LogP contribution >= 0.6 is 0 Å². The Hall–Kier alpha value is -0.770. The molecule has 86 valence electrons. The lowest BCUT2D eigenvalue weighted by atomic mass is 10.1. The summed E-state index contributed by atoms with van der Waals surface area (Å²) in [5.74, 6) is 1.29. The Bertz CT molecular complexity index is 260. The molecule has 2 fully saturated rings. The van der Waals surface area contributed by atoms with Crippen molar-refractivity contribution in [2.24, 2.45) is 17.6 Å². The molecular weight excluding hydrogens is 192 g/mol. The van der Waals surface area contributed by atoms with E-state index in [9.17, 15) is 4.79 Å². The fraction of sp³-hybridized carbons (Fsp3) is 0.909. The standard InChI is InChI=1S/C11H20N2O2/c1-11(2,3)15-10(14)13-6-4-7-8(5-6)9(7)12/h6-9H,4-5,12H2,1-3H3,(H,13,14)/t6?,7-,8+,9?. The van der Waals surface area contributed by atoms with Gasteiger partial charge in [0.1, 0.15) is 5.60 Å². The van der Waals surface area contributed by atoms with E-state index >= 15 is 0 Å². The van der Waals surface area contributed by atoms with Gasteiger partial charge in [-0.05, 0) is 45.4 Å². The molecule has 0 bridgehead atoms. The Labute approximate surface area is 90.5 Å². The monoisotopic (exact) mass is 212 g/mol. The Morgan fingerprint density at radius 1 is 1.33 bits per heavy atom. The molecular formula is C11H20N2O2. The van der Waals surface area contributed by atoms with Gasteiger partial charge in [-0.2, -0.15) is 0 Å². The molecule has 0 aromatic heterocycles. The summed E-state index contributed by atoms with van der Waals surface area (Å²) < 4.78 is 5.20. The Kier molecular flexibility index (Phi) is 2.41. The van der Waals surface area contributed by atoms with Crippen LogP contribution in [0.4, 0.5) is 4.79 Å². The maximum Gasteiger partial charge on any atom is 0.407 e. The van der Waals surface area contributed by atoms with Crippen LogP contribution in [0.15, 0.2) is 0 Å². The van der Waals surface area contributed by atoms with Gasteiger partial charge in [0.05, 0.1) is 0 Å². The second-order valence-electron chi connectivity index (χ2n) is 5.72. The van der Waals surface area contributed by atoms with Crippen LogP contribution in [0.5, 0.6) is 0 Å². The zero-order valence-electron chi connectivity index (χ0n) is 9.62. The first-order valence-corrected chi connectivity index (χ1v) is 5.62. The molecule has 2 saturated carbocycles. The van der Waals surface area contributed by atoms with E-state index in [-0.39, 0.29) is 12.1 Å². The summed E-state index contributed by atoms with van der Waals surface area (Å²) >= 11 is 0. The van der Waals surface area contributed by atoms with Crippen molar-refractivity contribution >= 4 is 6.09 Å². The van der Waals surface area contributed by atoms with Crippen molar-refractivity contribution in [3.63, 3.8) is 0 Å². The van der Waals surface area contributed by atoms with Crippen LogP contribution in [0.25, 0.3) is 0 Å². The molecule has 2 unspecified atom stereocenters. The Balaban J connectivity index is 1.72. The third-order valence-electron chi connectivity index (χ3n) is 3.23. The van der Waals surface area contributed by atoms with E-state index < -0.39 is 5.60 Å². The third-order valence-corrected chi connectivity index (χ3v) is 3.23. The first-order chi connectivity index (χ1) is 6.87. The minimum Gasteiger partial charge on any atom is -0.444 e. The van der Waals surface area contributed by atoms with Gasteiger partial charge >= 0.3 is 6.09 Å². The van der Waals surface area contributed by atoms with Crippen molar-refractivity contribution in [3.05, 3.63) is 0 Å². The second-order valence-corrected chi connectivity index (χ2v) is 5.72. The molecule has 4 nitrogen and oxygen atoms in total. The number of carbonyl (C=O) groups excluding carboxylic acids is 1. The van der Waals surface area contributed by atoms with E-state index in [4.69, 9.17) is 10.5 Å². The molecule has 2 aliphatic carbocycles. The van der Waals surface area contributed by atoms with Crippen molar-refractivity contribution in [3.8, 4) is 0 Å². The molecule has 15 heavy (non-hydrogen) atoms. The van der Waals surface area contributed by atoms with Crippen LogP contribution in [-0.2, 0) is 4.74 Å². The number of rotatable bonds is 1. The first-order valence-electron chi connectivity index (χ1n) is 5.62. The minimum absolute atomic E-state index is 0.273. The summed E-state index contributed by atoms with van der Waals surface area (Å²) in [6.45, 7) is 5.61. The average Bonchev–Trinajstić information content (AvgIpc) is 2.54. The molecule has 0 aliphatic heterocycles. The predicted octanol–water partition coefficient (Wildman–Crippen LogP) is 1.25. The van der Waals surface area contributed by atoms with Gasteiger partial charge in [0, 0.05) is 12.1 Å². The molecule has 0 spiro atoms. The molecule has 0 aromatic rings. The molecule has 2 rings (SSSR count). The highest BCUT2D eigenvalue weighted by Crippen LogP contribution is 2.50. The SMILES string of the molecule is CC(C)(C)OC(=O)NC1C[C@@H]2C(N)[C@@H]2C1. The van der Waals surface area contributed by atoms with E-state index in [2.05, 4.69) is 5.32 Å². The molecule has 4 heteroatoms. The van der Waals surface area contributed by atoms with Crippen molar-refractivity contribution in [2.75, 3.05) is 0 Å². The third kappa shape index (κ3) is 2.43. The van der Waals surface area contributed by atoms with Crippen LogP contribution in [0.3, 0.4) is 0 Å². The molecule has 3 N–H and O–H groups in total. The number of fused-ring (bicyclic) bond motifs is 1. The molecule has 4 atom stereocenters. The smallest absolute Gasteiger partial charge is 0.407 e. The van der Waals surface area contributed by atoms with E-state index in [0.717, 1.165) is 12.8 Å². The number of alkyl carbamates (subject to hydrolysis) is 1. The highest BCUT2D eigenvalue weighted by Gasteiger charge is 2.54. The Morgan fingerprint density at radius 3 is 2.33 bits per heavy atom. The van der Waals surface area contributed by atoms with Gasteiger partial charge in [0.25, 0.3) is 0 Å². The fourth-order valence-corrected chi connectivity index (χ4v) is 2.48. The van der Waals surface area contributed by atoms with Crippen LogP contribution in [0, 0.1) is 11.8 Å². The molecule has 2 aliphatic rings. The molecule has 0 aromatic carbocycles. The molecule has 0 heterocycles. The number of hydrogen-bond donors (Lipinski definition) is 2. The normalized spacial score (nSPS) is 38.4. The fourth-order valence-electron chi connectivity index (χ4n) is 2.48. The lowest BCUT2D eigenvalue weighted by Gasteiger charge is -2.22. The average molecular weight is 212 g/mol. The number of carbonyl (C=O) groups is 1. The quantitative estimate of drug-likeness (QED) is 0.687. The highest BCUT2D eigenvalue weighted by atomic mass is 16.6. The van der Waals surface area contributed by atoms with Crippen LogP contribution in [-0.4, -0.2) is 23.8 Å². The number of ether oxygens (including phenoxy) is 1. The van der Waals surface area contributed by atoms with Crippen molar-refractivity contribution in [2.45, 2.75) is 51.3 Å². The number of hydrogen-bond acceptors (Lipinski definition) is 3. The molecule has 0 radical (unpaired) electrons. The van der Waals surface area contributed by atoms with E-state index in [1.165, 1.54) is 0 Å². The van der Waals surface area contributed by atoms with Gasteiger partial charge in [0.2, 0.25) is 0 Å². The summed E-state index contributed by atoms with van der Waals surface area (Å²) in [6, 6.07) is 0.663. The summed E-state index contributed by atoms with van der Waals surface area (Å²) in [6.07, 6.45) is 1.73. The van der Waals surface area contributed by atoms with E-state index in [0.29, 0.717) is 17.9 Å². The van der Waals surface area contributed by atoms with Gasteiger partial charge in [-0.15, -0.1) is 0 Å². The molecule has 0 saturated heterocycles. The lowest BCUT2D eigenvalue weighted by Crippen LogP contribution is -2.39. The summed E-state index contributed by atoms with van der Waals surface area (Å²) in [4.78, 5) is 11.5. The van der Waals surface area contributed by atoms with Crippen molar-refractivity contribution in [1.82, 2.24) is 5.32 Å². The summed E-state index contributed by atoms with van der Waals surface area (Å²) in [7, 11) is 0. The summed E-state index contributed by atoms with van der Waals surface area (Å²) in [5.41, 5.74) is 5.41. The van der Waals surface area contributed by atoms with E-state index in [1.807, 2.05) is 20.8 Å². The van der Waals surface area contributed by atoms with Crippen LogP contribution < -0.4 is 11.1 Å². The number of nitrogens with two attached hydrogens (primary N) is 1. The van der Waals surface area contributed by atoms with E-state index in [1.54, 1.807) is 0 Å². The minimum atomic E-state index is -0.415. The molecule has 1 amide bonds. The second kappa shape index (κ2) is 3.37. The van der Waals surface area contributed by atoms with Gasteiger partial charge in [-0.1, -0.05) is 0 Å². The Morgan fingerprint density at radius 2 is 1.87 bits per heavy atom. The maximum atomic E-state index is 11.5.